The van der Waals surface area contributed by atoms with Gasteiger partial charge in [-0.25, -0.2) is 0 Å². The maximum atomic E-state index is 6.83. The van der Waals surface area contributed by atoms with E-state index in [0.717, 1.165) is 0 Å². The third kappa shape index (κ3) is 3.08. The van der Waals surface area contributed by atoms with E-state index in [2.05, 4.69) is 71.6 Å². The van der Waals surface area contributed by atoms with Crippen LogP contribution in [0.5, 0.6) is 0 Å². The summed E-state index contributed by atoms with van der Waals surface area (Å²) in [5.74, 6) is 8.94. The fraction of sp³-hybridized carbons (Fsp3) is 0.222. The zero-order valence-electron chi connectivity index (χ0n) is 13.4. The van der Waals surface area contributed by atoms with Crippen molar-refractivity contribution in [1.29, 1.82) is 0 Å². The second-order valence-corrected chi connectivity index (χ2v) is 31.3. The van der Waals surface area contributed by atoms with E-state index in [0.29, 0.717) is 0 Å². The van der Waals surface area contributed by atoms with Crippen LogP contribution in [0.2, 0.25) is 23.0 Å². The van der Waals surface area contributed by atoms with Gasteiger partial charge in [-0.3, -0.25) is 0 Å². The molecule has 0 N–H and O–H groups in total. The van der Waals surface area contributed by atoms with E-state index >= 15 is 0 Å². The van der Waals surface area contributed by atoms with Gasteiger partial charge in [0.25, 0.3) is 0 Å². The van der Waals surface area contributed by atoms with E-state index in [1.807, 2.05) is 0 Å². The topological polar surface area (TPSA) is 0 Å². The van der Waals surface area contributed by atoms with E-state index in [-0.39, 0.29) is 0 Å². The molecule has 3 aromatic rings. The summed E-state index contributed by atoms with van der Waals surface area (Å²) in [7, 11) is 13.7. The molecule has 3 aromatic carbocycles. The third-order valence-electron chi connectivity index (χ3n) is 4.16. The molecule has 114 valence electrons. The van der Waals surface area contributed by atoms with Crippen molar-refractivity contribution in [3.8, 4) is 0 Å². The van der Waals surface area contributed by atoms with Crippen LogP contribution in [-0.4, -0.2) is 24.7 Å². The van der Waals surface area contributed by atoms with E-state index in [1.54, 1.807) is 0 Å². The molecule has 0 atom stereocenters. The van der Waals surface area contributed by atoms with E-state index in [1.165, 1.54) is 30.3 Å². The number of rotatable bonds is 2. The predicted octanol–water partition coefficient (Wildman–Crippen LogP) is 5.29. The van der Waals surface area contributed by atoms with Gasteiger partial charge < -0.3 is 0 Å². The molecule has 0 aliphatic carbocycles. The number of halogens is 2. The van der Waals surface area contributed by atoms with Crippen LogP contribution in [-0.2, 0) is 0 Å². The van der Waals surface area contributed by atoms with Crippen molar-refractivity contribution in [1.82, 2.24) is 0 Å². The van der Waals surface area contributed by atoms with Crippen LogP contribution in [0.15, 0.2) is 48.5 Å². The third-order valence-corrected chi connectivity index (χ3v) is 13.5. The van der Waals surface area contributed by atoms with Crippen LogP contribution in [0.25, 0.3) is 21.5 Å². The molecule has 0 radical (unpaired) electrons. The van der Waals surface area contributed by atoms with Gasteiger partial charge in [0.2, 0.25) is 0 Å². The van der Waals surface area contributed by atoms with Crippen molar-refractivity contribution in [2.45, 2.75) is 23.0 Å². The number of hydrogen-bond donors (Lipinski definition) is 0. The summed E-state index contributed by atoms with van der Waals surface area (Å²) in [5, 5.41) is 5.18. The summed E-state index contributed by atoms with van der Waals surface area (Å²) >= 11 is -4.90. The van der Waals surface area contributed by atoms with Gasteiger partial charge in [0.1, 0.15) is 0 Å². The Balaban J connectivity index is 2.49. The minimum absolute atomic E-state index is 1.27. The first-order chi connectivity index (χ1) is 10.2. The maximum absolute atomic E-state index is 6.83. The zero-order chi connectivity index (χ0) is 16.1. The average Bonchev–Trinajstić information content (AvgIpc) is 2.41. The fourth-order valence-electron chi connectivity index (χ4n) is 3.07. The number of fused-ring (bicyclic) bond motifs is 2. The summed E-state index contributed by atoms with van der Waals surface area (Å²) in [6.45, 7) is 0. The van der Waals surface area contributed by atoms with Gasteiger partial charge in [-0.15, -0.1) is 0 Å². The van der Waals surface area contributed by atoms with E-state index in [4.69, 9.17) is 20.0 Å². The summed E-state index contributed by atoms with van der Waals surface area (Å²) < 4.78 is 2.71. The van der Waals surface area contributed by atoms with E-state index in [9.17, 15) is 0 Å². The first-order valence-electron chi connectivity index (χ1n) is 7.52. The SMILES string of the molecule is [CH3][Ge]([CH3])([Cl])[c]1cc[c]([Ge]([CH3])([CH3])[Cl])c2cc3ccccc3cc12. The molecule has 0 spiro atoms. The minimum atomic E-state index is -2.45. The van der Waals surface area contributed by atoms with Crippen molar-refractivity contribution in [3.05, 3.63) is 48.5 Å². The molecule has 0 nitrogen and oxygen atoms in total. The zero-order valence-corrected chi connectivity index (χ0v) is 19.1. The second kappa shape index (κ2) is 5.73. The molecule has 0 aliphatic heterocycles. The Labute approximate surface area is 145 Å². The fourth-order valence-corrected chi connectivity index (χ4v) is 10.3. The molecular formula is C18H20Cl2Ge2. The Hall–Kier alpha value is -0.154. The molecule has 0 bridgehead atoms. The van der Waals surface area contributed by atoms with Crippen LogP contribution in [0.1, 0.15) is 0 Å². The Morgan fingerprint density at radius 1 is 0.636 bits per heavy atom. The summed E-state index contributed by atoms with van der Waals surface area (Å²) in [6.07, 6.45) is 0. The van der Waals surface area contributed by atoms with Gasteiger partial charge in [-0.2, -0.15) is 0 Å². The van der Waals surface area contributed by atoms with Gasteiger partial charge >= 0.3 is 147 Å². The van der Waals surface area contributed by atoms with Crippen LogP contribution < -0.4 is 8.79 Å². The molecule has 0 aromatic heterocycles. The van der Waals surface area contributed by atoms with Crippen LogP contribution >= 0.6 is 20.0 Å². The Bertz CT molecular complexity index is 786. The first-order valence-corrected chi connectivity index (χ1v) is 23.5. The summed E-state index contributed by atoms with van der Waals surface area (Å²) in [5.41, 5.74) is 0. The molecule has 0 saturated carbocycles. The molecule has 3 rings (SSSR count). The van der Waals surface area contributed by atoms with Crippen LogP contribution in [0.4, 0.5) is 0 Å². The Morgan fingerprint density at radius 3 is 1.32 bits per heavy atom. The second-order valence-electron chi connectivity index (χ2n) is 6.85. The van der Waals surface area contributed by atoms with Gasteiger partial charge in [-0.1, -0.05) is 0 Å². The number of benzene rings is 3. The molecule has 22 heavy (non-hydrogen) atoms. The Kier molecular flexibility index (Phi) is 4.35. The van der Waals surface area contributed by atoms with Crippen molar-refractivity contribution in [2.24, 2.45) is 0 Å². The Morgan fingerprint density at radius 2 is 1.00 bits per heavy atom. The molecule has 0 unspecified atom stereocenters. The predicted molar refractivity (Wildman–Crippen MR) is 107 cm³/mol. The van der Waals surface area contributed by atoms with Gasteiger partial charge in [0.15, 0.2) is 0 Å². The summed E-state index contributed by atoms with van der Waals surface area (Å²) in [6, 6.07) is 17.6. The van der Waals surface area contributed by atoms with Crippen molar-refractivity contribution in [2.75, 3.05) is 0 Å². The monoisotopic (exact) mass is 454 g/mol. The molecule has 0 saturated heterocycles. The van der Waals surface area contributed by atoms with Gasteiger partial charge in [0.05, 0.1) is 0 Å². The molecule has 0 heterocycles. The average molecular weight is 452 g/mol. The van der Waals surface area contributed by atoms with Crippen molar-refractivity contribution in [3.63, 3.8) is 0 Å². The molecular weight excluding hydrogens is 432 g/mol. The summed E-state index contributed by atoms with van der Waals surface area (Å²) in [4.78, 5) is 0. The molecule has 0 aliphatic rings. The van der Waals surface area contributed by atoms with Gasteiger partial charge in [-0.05, 0) is 0 Å². The number of hydrogen-bond acceptors (Lipinski definition) is 0. The molecule has 4 heteroatoms. The van der Waals surface area contributed by atoms with Crippen molar-refractivity contribution < 1.29 is 0 Å². The first kappa shape index (κ1) is 16.7. The van der Waals surface area contributed by atoms with Crippen LogP contribution in [0.3, 0.4) is 0 Å². The standard InChI is InChI=1S/C18H20Cl2Ge2/c1-21(2,19)17-9-10-18(22(3,4)20)16-12-14-8-6-5-7-13(14)11-15(16)17/h5-12H,1-4H3. The van der Waals surface area contributed by atoms with E-state index < -0.39 is 24.7 Å². The normalized spacial score (nSPS) is 13.0. The van der Waals surface area contributed by atoms with Gasteiger partial charge in [0, 0.05) is 0 Å². The molecule has 0 amide bonds. The molecule has 0 fully saturated rings. The van der Waals surface area contributed by atoms with Crippen molar-refractivity contribution >= 4 is 75.0 Å². The quantitative estimate of drug-likeness (QED) is 0.366. The van der Waals surface area contributed by atoms with Crippen LogP contribution in [0, 0.1) is 0 Å².